The van der Waals surface area contributed by atoms with Crippen molar-refractivity contribution in [1.29, 1.82) is 0 Å². The largest absolute Gasteiger partial charge is 0.383 e. The average Bonchev–Trinajstić information content (AvgIpc) is 2.91. The van der Waals surface area contributed by atoms with Crippen LogP contribution in [0.2, 0.25) is 0 Å². The highest BCUT2D eigenvalue weighted by Crippen LogP contribution is 2.39. The van der Waals surface area contributed by atoms with Gasteiger partial charge in [-0.05, 0) is 41.4 Å². The van der Waals surface area contributed by atoms with Crippen molar-refractivity contribution in [2.75, 3.05) is 5.73 Å². The monoisotopic (exact) mass is 303 g/mol. The SMILES string of the molecule is CC(C)c1nc(C2CC2)nc(N)c1I. The molecule has 0 aromatic carbocycles. The van der Waals surface area contributed by atoms with Crippen molar-refractivity contribution in [3.05, 3.63) is 15.1 Å². The lowest BCUT2D eigenvalue weighted by molar-refractivity contribution is 0.778. The first-order valence-corrected chi connectivity index (χ1v) is 6.00. The Kier molecular flexibility index (Phi) is 2.64. The third-order valence-corrected chi connectivity index (χ3v) is 3.51. The molecule has 0 amide bonds. The van der Waals surface area contributed by atoms with Crippen LogP contribution < -0.4 is 5.73 Å². The minimum atomic E-state index is 0.421. The summed E-state index contributed by atoms with van der Waals surface area (Å²) in [6.07, 6.45) is 2.44. The normalized spacial score (nSPS) is 16.3. The highest BCUT2D eigenvalue weighted by molar-refractivity contribution is 14.1. The third-order valence-electron chi connectivity index (χ3n) is 2.41. The first kappa shape index (κ1) is 10.1. The fourth-order valence-electron chi connectivity index (χ4n) is 1.41. The number of aromatic nitrogens is 2. The summed E-state index contributed by atoms with van der Waals surface area (Å²) in [5.41, 5.74) is 6.96. The second-order valence-corrected chi connectivity index (χ2v) is 5.17. The molecule has 0 aliphatic heterocycles. The fraction of sp³-hybridized carbons (Fsp3) is 0.600. The van der Waals surface area contributed by atoms with E-state index in [1.54, 1.807) is 0 Å². The van der Waals surface area contributed by atoms with Gasteiger partial charge in [-0.1, -0.05) is 13.8 Å². The summed E-state index contributed by atoms with van der Waals surface area (Å²) in [7, 11) is 0. The number of nitrogens with zero attached hydrogens (tertiary/aromatic N) is 2. The Balaban J connectivity index is 2.46. The van der Waals surface area contributed by atoms with Crippen LogP contribution in [-0.2, 0) is 0 Å². The maximum absolute atomic E-state index is 5.87. The second kappa shape index (κ2) is 3.64. The average molecular weight is 303 g/mol. The molecule has 1 heterocycles. The molecule has 4 heteroatoms. The smallest absolute Gasteiger partial charge is 0.140 e. The van der Waals surface area contributed by atoms with Crippen LogP contribution in [0, 0.1) is 3.57 Å². The highest BCUT2D eigenvalue weighted by atomic mass is 127. The van der Waals surface area contributed by atoms with Gasteiger partial charge in [-0.2, -0.15) is 0 Å². The van der Waals surface area contributed by atoms with E-state index in [0.29, 0.717) is 17.7 Å². The van der Waals surface area contributed by atoms with Crippen LogP contribution in [0.25, 0.3) is 0 Å². The lowest BCUT2D eigenvalue weighted by atomic mass is 10.1. The number of rotatable bonds is 2. The highest BCUT2D eigenvalue weighted by Gasteiger charge is 2.28. The first-order valence-electron chi connectivity index (χ1n) is 4.92. The lowest BCUT2D eigenvalue weighted by Gasteiger charge is -2.10. The quantitative estimate of drug-likeness (QED) is 0.855. The van der Waals surface area contributed by atoms with E-state index in [9.17, 15) is 0 Å². The molecule has 1 aliphatic carbocycles. The Hall–Kier alpha value is -0.390. The van der Waals surface area contributed by atoms with E-state index in [1.165, 1.54) is 12.8 Å². The zero-order valence-corrected chi connectivity index (χ0v) is 10.6. The van der Waals surface area contributed by atoms with Gasteiger partial charge in [0.05, 0.1) is 9.26 Å². The molecular weight excluding hydrogens is 289 g/mol. The molecule has 1 fully saturated rings. The van der Waals surface area contributed by atoms with Crippen LogP contribution >= 0.6 is 22.6 Å². The molecule has 1 aliphatic rings. The molecule has 0 bridgehead atoms. The summed E-state index contributed by atoms with van der Waals surface area (Å²) in [5.74, 6) is 2.59. The van der Waals surface area contributed by atoms with E-state index in [4.69, 9.17) is 5.73 Å². The van der Waals surface area contributed by atoms with Crippen LogP contribution in [0.1, 0.15) is 50.0 Å². The molecule has 2 rings (SSSR count). The van der Waals surface area contributed by atoms with Crippen molar-refractivity contribution in [2.45, 2.75) is 38.5 Å². The fourth-order valence-corrected chi connectivity index (χ4v) is 2.27. The van der Waals surface area contributed by atoms with E-state index < -0.39 is 0 Å². The minimum Gasteiger partial charge on any atom is -0.383 e. The molecular formula is C10H14IN3. The number of nitrogen functional groups attached to an aromatic ring is 1. The topological polar surface area (TPSA) is 51.8 Å². The van der Waals surface area contributed by atoms with Gasteiger partial charge >= 0.3 is 0 Å². The van der Waals surface area contributed by atoms with E-state index in [2.05, 4.69) is 46.4 Å². The van der Waals surface area contributed by atoms with E-state index in [-0.39, 0.29) is 0 Å². The summed E-state index contributed by atoms with van der Waals surface area (Å²) >= 11 is 2.23. The zero-order chi connectivity index (χ0) is 10.3. The molecule has 3 nitrogen and oxygen atoms in total. The van der Waals surface area contributed by atoms with Gasteiger partial charge in [0, 0.05) is 5.92 Å². The van der Waals surface area contributed by atoms with Crippen molar-refractivity contribution in [3.8, 4) is 0 Å². The van der Waals surface area contributed by atoms with Crippen molar-refractivity contribution < 1.29 is 0 Å². The molecule has 0 unspecified atom stereocenters. The van der Waals surface area contributed by atoms with Gasteiger partial charge in [0.1, 0.15) is 11.6 Å². The first-order chi connectivity index (χ1) is 6.59. The van der Waals surface area contributed by atoms with Crippen LogP contribution in [0.5, 0.6) is 0 Å². The number of hydrogen-bond donors (Lipinski definition) is 1. The van der Waals surface area contributed by atoms with Crippen LogP contribution in [0.4, 0.5) is 5.82 Å². The van der Waals surface area contributed by atoms with Crippen molar-refractivity contribution in [1.82, 2.24) is 9.97 Å². The minimum absolute atomic E-state index is 0.421. The predicted octanol–water partition coefficient (Wildman–Crippen LogP) is 2.66. The third kappa shape index (κ3) is 1.85. The maximum Gasteiger partial charge on any atom is 0.140 e. The zero-order valence-electron chi connectivity index (χ0n) is 8.42. The van der Waals surface area contributed by atoms with Gasteiger partial charge in [-0.3, -0.25) is 0 Å². The number of halogens is 1. The van der Waals surface area contributed by atoms with Crippen molar-refractivity contribution >= 4 is 28.4 Å². The molecule has 0 radical (unpaired) electrons. The molecule has 0 atom stereocenters. The van der Waals surface area contributed by atoms with E-state index >= 15 is 0 Å². The van der Waals surface area contributed by atoms with Gasteiger partial charge in [0.15, 0.2) is 0 Å². The molecule has 14 heavy (non-hydrogen) atoms. The molecule has 1 aromatic heterocycles. The summed E-state index contributed by atoms with van der Waals surface area (Å²) in [6.45, 7) is 4.28. The molecule has 1 saturated carbocycles. The summed E-state index contributed by atoms with van der Waals surface area (Å²) in [4.78, 5) is 8.93. The Bertz CT molecular complexity index is 359. The molecule has 1 aromatic rings. The van der Waals surface area contributed by atoms with Crippen molar-refractivity contribution in [3.63, 3.8) is 0 Å². The molecule has 2 N–H and O–H groups in total. The number of hydrogen-bond acceptors (Lipinski definition) is 3. The van der Waals surface area contributed by atoms with Crippen LogP contribution in [0.15, 0.2) is 0 Å². The Morgan fingerprint density at radius 2 is 2.00 bits per heavy atom. The summed E-state index contributed by atoms with van der Waals surface area (Å²) < 4.78 is 1.02. The van der Waals surface area contributed by atoms with E-state index in [0.717, 1.165) is 15.1 Å². The summed E-state index contributed by atoms with van der Waals surface area (Å²) in [6, 6.07) is 0. The Labute approximate surface area is 97.7 Å². The molecule has 76 valence electrons. The molecule has 0 saturated heterocycles. The molecule has 0 spiro atoms. The standard InChI is InChI=1S/C10H14IN3/c1-5(2)8-7(11)9(12)14-10(13-8)6-3-4-6/h5-6H,3-4H2,1-2H3,(H2,12,13,14). The lowest BCUT2D eigenvalue weighted by Crippen LogP contribution is -2.07. The maximum atomic E-state index is 5.87. The number of nitrogens with two attached hydrogens (primary N) is 1. The Morgan fingerprint density at radius 3 is 2.50 bits per heavy atom. The van der Waals surface area contributed by atoms with Gasteiger partial charge in [0.2, 0.25) is 0 Å². The van der Waals surface area contributed by atoms with E-state index in [1.807, 2.05) is 0 Å². The predicted molar refractivity (Wildman–Crippen MR) is 65.2 cm³/mol. The van der Waals surface area contributed by atoms with Gasteiger partial charge < -0.3 is 5.73 Å². The van der Waals surface area contributed by atoms with Gasteiger partial charge in [0.25, 0.3) is 0 Å². The Morgan fingerprint density at radius 1 is 1.36 bits per heavy atom. The van der Waals surface area contributed by atoms with Crippen LogP contribution in [0.3, 0.4) is 0 Å². The van der Waals surface area contributed by atoms with Crippen LogP contribution in [-0.4, -0.2) is 9.97 Å². The van der Waals surface area contributed by atoms with Gasteiger partial charge in [-0.15, -0.1) is 0 Å². The van der Waals surface area contributed by atoms with Crippen molar-refractivity contribution in [2.24, 2.45) is 0 Å². The summed E-state index contributed by atoms with van der Waals surface area (Å²) in [5, 5.41) is 0. The second-order valence-electron chi connectivity index (χ2n) is 4.10. The number of anilines is 1. The van der Waals surface area contributed by atoms with Gasteiger partial charge in [-0.25, -0.2) is 9.97 Å².